The van der Waals surface area contributed by atoms with Crippen LogP contribution in [-0.4, -0.2) is 22.5 Å². The molecule has 1 heterocycles. The molecule has 1 aliphatic carbocycles. The van der Waals surface area contributed by atoms with Crippen molar-refractivity contribution in [1.29, 1.82) is 0 Å². The van der Waals surface area contributed by atoms with Crippen molar-refractivity contribution < 1.29 is 0 Å². The highest BCUT2D eigenvalue weighted by Gasteiger charge is 2.30. The van der Waals surface area contributed by atoms with Gasteiger partial charge < -0.3 is 5.32 Å². The summed E-state index contributed by atoms with van der Waals surface area (Å²) in [5, 5.41) is 4.88. The maximum atomic E-state index is 5.04. The first-order valence-electron chi connectivity index (χ1n) is 7.53. The molecule has 1 aliphatic heterocycles. The van der Waals surface area contributed by atoms with Crippen LogP contribution in [0.3, 0.4) is 0 Å². The van der Waals surface area contributed by atoms with Gasteiger partial charge in [-0.2, -0.15) is 0 Å². The van der Waals surface area contributed by atoms with Gasteiger partial charge in [0.15, 0.2) is 5.17 Å². The lowest BCUT2D eigenvalue weighted by atomic mass is 9.78. The molecule has 2 nitrogen and oxygen atoms in total. The summed E-state index contributed by atoms with van der Waals surface area (Å²) in [5.74, 6) is 2.79. The Morgan fingerprint density at radius 3 is 2.89 bits per heavy atom. The summed E-state index contributed by atoms with van der Waals surface area (Å²) in [6, 6.07) is 0.544. The van der Waals surface area contributed by atoms with Crippen LogP contribution in [0, 0.1) is 11.8 Å². The highest BCUT2D eigenvalue weighted by atomic mass is 32.2. The number of amidine groups is 1. The molecule has 4 unspecified atom stereocenters. The van der Waals surface area contributed by atoms with Crippen LogP contribution < -0.4 is 5.32 Å². The second-order valence-electron chi connectivity index (χ2n) is 6.41. The average Bonchev–Trinajstić information content (AvgIpc) is 2.35. The number of nitrogens with zero attached hydrogens (tertiary/aromatic N) is 1. The number of hydrogen-bond acceptors (Lipinski definition) is 2. The molecular formula is C15H28N2S. The van der Waals surface area contributed by atoms with Gasteiger partial charge in [-0.05, 0) is 38.0 Å². The maximum absolute atomic E-state index is 5.04. The molecule has 1 saturated carbocycles. The second kappa shape index (κ2) is 5.85. The molecule has 0 amide bonds. The third-order valence-electron chi connectivity index (χ3n) is 5.03. The van der Waals surface area contributed by atoms with Crippen molar-refractivity contribution in [3.8, 4) is 0 Å². The molecular weight excluding hydrogens is 240 g/mol. The number of aliphatic imine (C=N–C) groups is 1. The fourth-order valence-corrected chi connectivity index (χ4v) is 4.23. The molecule has 2 aliphatic rings. The summed E-state index contributed by atoms with van der Waals surface area (Å²) in [4.78, 5) is 5.04. The summed E-state index contributed by atoms with van der Waals surface area (Å²) < 4.78 is 0. The zero-order valence-corrected chi connectivity index (χ0v) is 13.1. The fourth-order valence-electron chi connectivity index (χ4n) is 2.95. The summed E-state index contributed by atoms with van der Waals surface area (Å²) >= 11 is 1.92. The summed E-state index contributed by atoms with van der Waals surface area (Å²) in [5.41, 5.74) is 0.271. The number of thioether (sulfide) groups is 1. The highest BCUT2D eigenvalue weighted by Crippen LogP contribution is 2.33. The zero-order valence-electron chi connectivity index (χ0n) is 12.3. The van der Waals surface area contributed by atoms with Crippen molar-refractivity contribution in [1.82, 2.24) is 5.32 Å². The van der Waals surface area contributed by atoms with E-state index in [0.29, 0.717) is 6.04 Å². The molecule has 1 saturated heterocycles. The summed E-state index contributed by atoms with van der Waals surface area (Å²) in [7, 11) is 0. The zero-order chi connectivity index (χ0) is 13.2. The Hall–Kier alpha value is -0.180. The molecule has 3 heteroatoms. The monoisotopic (exact) mass is 268 g/mol. The average molecular weight is 268 g/mol. The minimum Gasteiger partial charge on any atom is -0.360 e. The van der Waals surface area contributed by atoms with E-state index in [2.05, 4.69) is 33.0 Å². The summed E-state index contributed by atoms with van der Waals surface area (Å²) in [6.07, 6.45) is 6.45. The highest BCUT2D eigenvalue weighted by molar-refractivity contribution is 8.13. The van der Waals surface area contributed by atoms with E-state index in [4.69, 9.17) is 4.99 Å². The molecule has 0 aromatic rings. The first-order chi connectivity index (χ1) is 8.54. The van der Waals surface area contributed by atoms with Crippen LogP contribution in [0.25, 0.3) is 0 Å². The lowest BCUT2D eigenvalue weighted by molar-refractivity contribution is 0.241. The molecule has 18 heavy (non-hydrogen) atoms. The van der Waals surface area contributed by atoms with Crippen molar-refractivity contribution in [2.24, 2.45) is 16.8 Å². The third-order valence-corrected chi connectivity index (χ3v) is 5.92. The Labute approximate surface area is 116 Å². The van der Waals surface area contributed by atoms with E-state index in [1.54, 1.807) is 0 Å². The van der Waals surface area contributed by atoms with E-state index in [1.165, 1.54) is 43.0 Å². The minimum absolute atomic E-state index is 0.271. The lowest BCUT2D eigenvalue weighted by Crippen LogP contribution is -2.48. The van der Waals surface area contributed by atoms with Crippen molar-refractivity contribution in [3.05, 3.63) is 0 Å². The Balaban J connectivity index is 2.03. The Morgan fingerprint density at radius 1 is 1.39 bits per heavy atom. The quantitative estimate of drug-likeness (QED) is 0.816. The van der Waals surface area contributed by atoms with Gasteiger partial charge in [0, 0.05) is 11.3 Å². The SMILES string of the molecule is CCC1(C)CCSC(=NC2CCCC(C)C2C)N1. The first-order valence-corrected chi connectivity index (χ1v) is 8.51. The van der Waals surface area contributed by atoms with E-state index in [0.717, 1.165) is 11.8 Å². The van der Waals surface area contributed by atoms with Crippen molar-refractivity contribution >= 4 is 16.9 Å². The van der Waals surface area contributed by atoms with Crippen LogP contribution in [0.15, 0.2) is 4.99 Å². The fraction of sp³-hybridized carbons (Fsp3) is 0.933. The van der Waals surface area contributed by atoms with E-state index in [-0.39, 0.29) is 5.54 Å². The van der Waals surface area contributed by atoms with Crippen LogP contribution in [0.1, 0.15) is 59.8 Å². The van der Waals surface area contributed by atoms with Crippen molar-refractivity contribution in [2.45, 2.75) is 71.4 Å². The van der Waals surface area contributed by atoms with Gasteiger partial charge in [0.25, 0.3) is 0 Å². The largest absolute Gasteiger partial charge is 0.360 e. The van der Waals surface area contributed by atoms with E-state index in [9.17, 15) is 0 Å². The lowest BCUT2D eigenvalue weighted by Gasteiger charge is -2.37. The smallest absolute Gasteiger partial charge is 0.157 e. The molecule has 104 valence electrons. The minimum atomic E-state index is 0.271. The molecule has 0 aromatic carbocycles. The van der Waals surface area contributed by atoms with E-state index >= 15 is 0 Å². The number of hydrogen-bond donors (Lipinski definition) is 1. The number of rotatable bonds is 2. The molecule has 4 atom stereocenters. The van der Waals surface area contributed by atoms with Gasteiger partial charge >= 0.3 is 0 Å². The van der Waals surface area contributed by atoms with Gasteiger partial charge in [-0.1, -0.05) is 45.4 Å². The van der Waals surface area contributed by atoms with Crippen LogP contribution in [0.5, 0.6) is 0 Å². The predicted octanol–water partition coefficient (Wildman–Crippen LogP) is 4.06. The normalized spacial score (nSPS) is 43.8. The predicted molar refractivity (Wildman–Crippen MR) is 82.3 cm³/mol. The van der Waals surface area contributed by atoms with Gasteiger partial charge in [0.05, 0.1) is 6.04 Å². The van der Waals surface area contributed by atoms with Gasteiger partial charge in [-0.3, -0.25) is 4.99 Å². The number of nitrogens with one attached hydrogen (secondary N) is 1. The molecule has 2 fully saturated rings. The molecule has 0 bridgehead atoms. The topological polar surface area (TPSA) is 24.4 Å². The van der Waals surface area contributed by atoms with E-state index < -0.39 is 0 Å². The second-order valence-corrected chi connectivity index (χ2v) is 7.49. The molecule has 0 aromatic heterocycles. The maximum Gasteiger partial charge on any atom is 0.157 e. The molecule has 0 radical (unpaired) electrons. The molecule has 1 N–H and O–H groups in total. The molecule has 0 spiro atoms. The van der Waals surface area contributed by atoms with Gasteiger partial charge in [0.1, 0.15) is 0 Å². The third kappa shape index (κ3) is 3.23. The van der Waals surface area contributed by atoms with Gasteiger partial charge in [-0.15, -0.1) is 0 Å². The van der Waals surface area contributed by atoms with Crippen LogP contribution in [0.2, 0.25) is 0 Å². The Morgan fingerprint density at radius 2 is 2.17 bits per heavy atom. The van der Waals surface area contributed by atoms with Crippen LogP contribution >= 0.6 is 11.8 Å². The standard InChI is InChI=1S/C15H28N2S/c1-5-15(4)9-10-18-14(17-15)16-13-8-6-7-11(2)12(13)3/h11-13H,5-10H2,1-4H3,(H,16,17). The van der Waals surface area contributed by atoms with Crippen LogP contribution in [0.4, 0.5) is 0 Å². The molecule has 2 rings (SSSR count). The summed E-state index contributed by atoms with van der Waals surface area (Å²) in [6.45, 7) is 9.36. The first kappa shape index (κ1) is 14.2. The van der Waals surface area contributed by atoms with Crippen molar-refractivity contribution in [3.63, 3.8) is 0 Å². The van der Waals surface area contributed by atoms with E-state index in [1.807, 2.05) is 11.8 Å². The van der Waals surface area contributed by atoms with Crippen LogP contribution in [-0.2, 0) is 0 Å². The van der Waals surface area contributed by atoms with Crippen molar-refractivity contribution in [2.75, 3.05) is 5.75 Å². The Kier molecular flexibility index (Phi) is 4.63. The Bertz CT molecular complexity index is 316. The van der Waals surface area contributed by atoms with Gasteiger partial charge in [0.2, 0.25) is 0 Å². The van der Waals surface area contributed by atoms with Gasteiger partial charge in [-0.25, -0.2) is 0 Å².